The molecule has 76 valence electrons. The molecule has 0 unspecified atom stereocenters. The van der Waals surface area contributed by atoms with Crippen molar-refractivity contribution in [3.8, 4) is 0 Å². The second-order valence-electron chi connectivity index (χ2n) is 4.20. The Morgan fingerprint density at radius 3 is 2.46 bits per heavy atom. The Morgan fingerprint density at radius 1 is 1.46 bits per heavy atom. The molecular weight excluding hydrogens is 180 g/mol. The van der Waals surface area contributed by atoms with Gasteiger partial charge in [-0.3, -0.25) is 4.99 Å². The zero-order valence-corrected chi connectivity index (χ0v) is 9.87. The van der Waals surface area contributed by atoms with E-state index in [1.54, 1.807) is 0 Å². The van der Waals surface area contributed by atoms with Crippen LogP contribution in [0.2, 0.25) is 0 Å². The van der Waals surface area contributed by atoms with Crippen LogP contribution >= 0.6 is 11.8 Å². The molecule has 0 aromatic rings. The Morgan fingerprint density at radius 2 is 2.08 bits per heavy atom. The Hall–Kier alpha value is -0.180. The second kappa shape index (κ2) is 4.36. The molecule has 3 heteroatoms. The third-order valence-corrected chi connectivity index (χ3v) is 3.60. The summed E-state index contributed by atoms with van der Waals surface area (Å²) in [6.45, 7) is 8.83. The van der Waals surface area contributed by atoms with Gasteiger partial charge in [0, 0.05) is 11.3 Å². The maximum absolute atomic E-state index is 4.68. The Balaban J connectivity index is 2.53. The Bertz CT molecular complexity index is 195. The largest absolute Gasteiger partial charge is 0.359 e. The van der Waals surface area contributed by atoms with E-state index in [1.165, 1.54) is 0 Å². The third kappa shape index (κ3) is 3.22. The van der Waals surface area contributed by atoms with Crippen LogP contribution in [-0.4, -0.2) is 22.5 Å². The first-order valence-corrected chi connectivity index (χ1v) is 6.04. The van der Waals surface area contributed by atoms with Crippen molar-refractivity contribution >= 4 is 16.9 Å². The van der Waals surface area contributed by atoms with Crippen LogP contribution in [0.15, 0.2) is 4.99 Å². The molecule has 1 rings (SSSR count). The average molecular weight is 200 g/mol. The fourth-order valence-electron chi connectivity index (χ4n) is 1.32. The number of aliphatic imine (C=N–C) groups is 1. The number of rotatable bonds is 3. The molecular formula is C10H20N2S. The molecule has 0 aliphatic carbocycles. The summed E-state index contributed by atoms with van der Waals surface area (Å²) in [5.41, 5.74) is 0.232. The molecule has 1 heterocycles. The van der Waals surface area contributed by atoms with E-state index < -0.39 is 0 Å². The summed E-state index contributed by atoms with van der Waals surface area (Å²) < 4.78 is 0. The maximum Gasteiger partial charge on any atom is 0.157 e. The highest BCUT2D eigenvalue weighted by Gasteiger charge is 2.27. The molecule has 1 N–H and O–H groups in total. The van der Waals surface area contributed by atoms with E-state index in [0.29, 0.717) is 6.04 Å². The second-order valence-corrected chi connectivity index (χ2v) is 5.17. The molecule has 13 heavy (non-hydrogen) atoms. The summed E-state index contributed by atoms with van der Waals surface area (Å²) in [5, 5.41) is 4.58. The number of hydrogen-bond acceptors (Lipinski definition) is 2. The van der Waals surface area contributed by atoms with Gasteiger partial charge in [-0.25, -0.2) is 0 Å². The summed E-state index contributed by atoms with van der Waals surface area (Å²) in [6, 6.07) is 0.504. The number of nitrogens with one attached hydrogen (secondary N) is 1. The van der Waals surface area contributed by atoms with E-state index in [-0.39, 0.29) is 5.54 Å². The van der Waals surface area contributed by atoms with Gasteiger partial charge in [-0.05, 0) is 26.7 Å². The number of nitrogens with zero attached hydrogens (tertiary/aromatic N) is 1. The van der Waals surface area contributed by atoms with E-state index in [4.69, 9.17) is 0 Å². The third-order valence-electron chi connectivity index (χ3n) is 2.26. The van der Waals surface area contributed by atoms with Gasteiger partial charge in [0.25, 0.3) is 0 Å². The maximum atomic E-state index is 4.68. The van der Waals surface area contributed by atoms with E-state index in [9.17, 15) is 0 Å². The lowest BCUT2D eigenvalue weighted by Gasteiger charge is -2.16. The molecule has 2 nitrogen and oxygen atoms in total. The minimum absolute atomic E-state index is 0.232. The van der Waals surface area contributed by atoms with E-state index in [2.05, 4.69) is 38.0 Å². The van der Waals surface area contributed by atoms with Crippen LogP contribution in [0.1, 0.15) is 40.5 Å². The van der Waals surface area contributed by atoms with Gasteiger partial charge in [0.1, 0.15) is 0 Å². The van der Waals surface area contributed by atoms with Gasteiger partial charge in [-0.2, -0.15) is 0 Å². The van der Waals surface area contributed by atoms with Crippen molar-refractivity contribution < 1.29 is 0 Å². The summed E-state index contributed by atoms with van der Waals surface area (Å²) in [7, 11) is 0. The highest BCUT2D eigenvalue weighted by Crippen LogP contribution is 2.23. The summed E-state index contributed by atoms with van der Waals surface area (Å²) >= 11 is 1.85. The first-order valence-electron chi connectivity index (χ1n) is 5.06. The lowest BCUT2D eigenvalue weighted by atomic mass is 10.1. The van der Waals surface area contributed by atoms with Gasteiger partial charge in [0.15, 0.2) is 5.17 Å². The van der Waals surface area contributed by atoms with E-state index in [1.807, 2.05) is 11.8 Å². The Kier molecular flexibility index (Phi) is 3.65. The average Bonchev–Trinajstić information content (AvgIpc) is 2.41. The topological polar surface area (TPSA) is 24.4 Å². The molecule has 0 atom stereocenters. The van der Waals surface area contributed by atoms with Gasteiger partial charge in [0.2, 0.25) is 0 Å². The zero-order chi connectivity index (χ0) is 9.90. The van der Waals surface area contributed by atoms with E-state index >= 15 is 0 Å². The molecule has 0 aromatic carbocycles. The zero-order valence-electron chi connectivity index (χ0n) is 9.05. The highest BCUT2D eigenvalue weighted by molar-refractivity contribution is 8.14. The van der Waals surface area contributed by atoms with Crippen molar-refractivity contribution in [2.24, 2.45) is 4.99 Å². The molecule has 0 bridgehead atoms. The van der Waals surface area contributed by atoms with Crippen LogP contribution in [0.25, 0.3) is 0 Å². The first kappa shape index (κ1) is 10.9. The first-order chi connectivity index (χ1) is 6.07. The molecule has 1 aliphatic heterocycles. The predicted molar refractivity (Wildman–Crippen MR) is 61.5 cm³/mol. The number of thioether (sulfide) groups is 1. The fourth-order valence-corrected chi connectivity index (χ4v) is 2.46. The lowest BCUT2D eigenvalue weighted by molar-refractivity contribution is 0.532. The molecule has 0 saturated carbocycles. The van der Waals surface area contributed by atoms with Crippen molar-refractivity contribution in [1.82, 2.24) is 5.32 Å². The molecule has 1 fully saturated rings. The minimum atomic E-state index is 0.232. The van der Waals surface area contributed by atoms with Gasteiger partial charge >= 0.3 is 0 Å². The quantitative estimate of drug-likeness (QED) is 0.757. The summed E-state index contributed by atoms with van der Waals surface area (Å²) in [4.78, 5) is 4.68. The molecule has 0 amide bonds. The van der Waals surface area contributed by atoms with Crippen LogP contribution in [0.5, 0.6) is 0 Å². The summed E-state index contributed by atoms with van der Waals surface area (Å²) in [6.07, 6.45) is 2.28. The van der Waals surface area contributed by atoms with Gasteiger partial charge in [-0.1, -0.05) is 25.6 Å². The van der Waals surface area contributed by atoms with Crippen molar-refractivity contribution in [3.63, 3.8) is 0 Å². The number of amidine groups is 1. The summed E-state index contributed by atoms with van der Waals surface area (Å²) in [5.74, 6) is 1.13. The normalized spacial score (nSPS) is 23.9. The Labute approximate surface area is 85.6 Å². The fraction of sp³-hybridized carbons (Fsp3) is 0.900. The highest BCUT2D eigenvalue weighted by atomic mass is 32.2. The molecule has 1 saturated heterocycles. The molecule has 1 aliphatic rings. The number of hydrogen-bond donors (Lipinski definition) is 1. The van der Waals surface area contributed by atoms with Crippen LogP contribution in [0.3, 0.4) is 0 Å². The molecule has 0 spiro atoms. The minimum Gasteiger partial charge on any atom is -0.359 e. The molecule has 0 aromatic heterocycles. The van der Waals surface area contributed by atoms with Gasteiger partial charge < -0.3 is 5.32 Å². The van der Waals surface area contributed by atoms with Crippen molar-refractivity contribution in [1.29, 1.82) is 0 Å². The monoisotopic (exact) mass is 200 g/mol. The smallest absolute Gasteiger partial charge is 0.157 e. The van der Waals surface area contributed by atoms with Crippen LogP contribution in [-0.2, 0) is 0 Å². The lowest BCUT2D eigenvalue weighted by Crippen LogP contribution is -2.37. The van der Waals surface area contributed by atoms with Gasteiger partial charge in [-0.15, -0.1) is 0 Å². The van der Waals surface area contributed by atoms with Crippen LogP contribution in [0, 0.1) is 0 Å². The van der Waals surface area contributed by atoms with E-state index in [0.717, 1.165) is 23.8 Å². The van der Waals surface area contributed by atoms with Crippen LogP contribution in [0.4, 0.5) is 0 Å². The molecule has 0 radical (unpaired) electrons. The van der Waals surface area contributed by atoms with Crippen molar-refractivity contribution in [2.45, 2.75) is 52.1 Å². The SMILES string of the molecule is CCC(CC)N=C1NC(C)(C)CS1. The van der Waals surface area contributed by atoms with Gasteiger partial charge in [0.05, 0.1) is 6.04 Å². The van der Waals surface area contributed by atoms with Crippen LogP contribution < -0.4 is 5.32 Å². The van der Waals surface area contributed by atoms with Crippen molar-refractivity contribution in [2.75, 3.05) is 5.75 Å². The van der Waals surface area contributed by atoms with Crippen molar-refractivity contribution in [3.05, 3.63) is 0 Å². The predicted octanol–water partition coefficient (Wildman–Crippen LogP) is 2.65. The standard InChI is InChI=1S/C10H20N2S/c1-5-8(6-2)11-9-12-10(3,4)7-13-9/h8H,5-7H2,1-4H3,(H,11,12).